The highest BCUT2D eigenvalue weighted by atomic mass is 35.5. The Morgan fingerprint density at radius 2 is 2.16 bits per heavy atom. The van der Waals surface area contributed by atoms with Crippen LogP contribution in [0.5, 0.6) is 0 Å². The number of aromatic carboxylic acids is 1. The summed E-state index contributed by atoms with van der Waals surface area (Å²) in [6, 6.07) is 2.32. The second-order valence-electron chi connectivity index (χ2n) is 3.57. The molecule has 0 aliphatic heterocycles. The van der Waals surface area contributed by atoms with Crippen LogP contribution < -0.4 is 0 Å². The van der Waals surface area contributed by atoms with Gasteiger partial charge in [-0.2, -0.15) is 0 Å². The van der Waals surface area contributed by atoms with Crippen molar-refractivity contribution in [2.24, 2.45) is 5.16 Å². The number of nitrogens with zero attached hydrogens (tertiary/aromatic N) is 1. The SMILES string of the molecule is CCON=Cc1c(S(C)(=O)=O)ccc(C(=O)O)c1Cl. The number of carbonyl (C=O) groups is 1. The Morgan fingerprint density at radius 1 is 1.53 bits per heavy atom. The van der Waals surface area contributed by atoms with Crippen LogP contribution in [0.15, 0.2) is 22.2 Å². The largest absolute Gasteiger partial charge is 0.478 e. The van der Waals surface area contributed by atoms with E-state index in [0.717, 1.165) is 18.5 Å². The maximum Gasteiger partial charge on any atom is 0.337 e. The summed E-state index contributed by atoms with van der Waals surface area (Å²) in [5.41, 5.74) is -0.204. The van der Waals surface area contributed by atoms with Gasteiger partial charge in [0.1, 0.15) is 6.61 Å². The summed E-state index contributed by atoms with van der Waals surface area (Å²) in [6.07, 6.45) is 2.09. The molecule has 19 heavy (non-hydrogen) atoms. The molecule has 0 bridgehead atoms. The lowest BCUT2D eigenvalue weighted by molar-refractivity contribution is 0.0697. The van der Waals surface area contributed by atoms with E-state index >= 15 is 0 Å². The Labute approximate surface area is 115 Å². The van der Waals surface area contributed by atoms with Crippen molar-refractivity contribution in [2.75, 3.05) is 12.9 Å². The van der Waals surface area contributed by atoms with Gasteiger partial charge in [-0.25, -0.2) is 13.2 Å². The maximum absolute atomic E-state index is 11.6. The fourth-order valence-electron chi connectivity index (χ4n) is 1.35. The van der Waals surface area contributed by atoms with Crippen molar-refractivity contribution in [2.45, 2.75) is 11.8 Å². The Kier molecular flexibility index (Phi) is 4.90. The van der Waals surface area contributed by atoms with Gasteiger partial charge < -0.3 is 9.94 Å². The quantitative estimate of drug-likeness (QED) is 0.661. The number of hydrogen-bond acceptors (Lipinski definition) is 5. The molecule has 0 amide bonds. The Balaban J connectivity index is 3.51. The third kappa shape index (κ3) is 3.68. The van der Waals surface area contributed by atoms with E-state index in [4.69, 9.17) is 21.5 Å². The van der Waals surface area contributed by atoms with Crippen LogP contribution in [0, 0.1) is 0 Å². The molecule has 0 heterocycles. The van der Waals surface area contributed by atoms with Gasteiger partial charge in [0.2, 0.25) is 0 Å². The Bertz CT molecular complexity index is 624. The molecule has 8 heteroatoms. The zero-order valence-electron chi connectivity index (χ0n) is 10.3. The predicted octanol–water partition coefficient (Wildman–Crippen LogP) is 1.81. The van der Waals surface area contributed by atoms with Crippen LogP contribution in [0.1, 0.15) is 22.8 Å². The first-order chi connectivity index (χ1) is 8.79. The predicted molar refractivity (Wildman–Crippen MR) is 70.7 cm³/mol. The molecule has 0 aromatic heterocycles. The molecule has 0 saturated carbocycles. The molecule has 0 aliphatic carbocycles. The van der Waals surface area contributed by atoms with Crippen LogP contribution >= 0.6 is 11.6 Å². The number of oxime groups is 1. The normalized spacial score (nSPS) is 11.7. The van der Waals surface area contributed by atoms with E-state index in [1.807, 2.05) is 0 Å². The standard InChI is InChI=1S/C11H12ClNO5S/c1-3-18-13-6-8-9(19(2,16)17)5-4-7(10(8)12)11(14)15/h4-6H,3H2,1-2H3,(H,14,15). The summed E-state index contributed by atoms with van der Waals surface area (Å²) in [5, 5.41) is 12.3. The number of benzene rings is 1. The summed E-state index contributed by atoms with van der Waals surface area (Å²) in [6.45, 7) is 1.99. The molecule has 0 unspecified atom stereocenters. The Hall–Kier alpha value is -1.60. The molecule has 0 saturated heterocycles. The third-order valence-corrected chi connectivity index (χ3v) is 3.72. The van der Waals surface area contributed by atoms with E-state index in [9.17, 15) is 13.2 Å². The van der Waals surface area contributed by atoms with E-state index in [-0.39, 0.29) is 21.0 Å². The van der Waals surface area contributed by atoms with Gasteiger partial charge in [-0.15, -0.1) is 0 Å². The van der Waals surface area contributed by atoms with Crippen molar-refractivity contribution < 1.29 is 23.2 Å². The summed E-state index contributed by atoms with van der Waals surface area (Å²) >= 11 is 5.90. The second-order valence-corrected chi connectivity index (χ2v) is 5.93. The molecule has 104 valence electrons. The third-order valence-electron chi connectivity index (χ3n) is 2.16. The van der Waals surface area contributed by atoms with Gasteiger partial charge in [0, 0.05) is 11.8 Å². The highest BCUT2D eigenvalue weighted by Crippen LogP contribution is 2.26. The number of hydrogen-bond donors (Lipinski definition) is 1. The lowest BCUT2D eigenvalue weighted by Gasteiger charge is -2.08. The van der Waals surface area contributed by atoms with Crippen LogP contribution in [0.2, 0.25) is 5.02 Å². The van der Waals surface area contributed by atoms with Crippen molar-refractivity contribution >= 4 is 33.6 Å². The molecule has 1 aromatic rings. The first-order valence-corrected chi connectivity index (χ1v) is 7.47. The van der Waals surface area contributed by atoms with Gasteiger partial charge in [0.15, 0.2) is 9.84 Å². The van der Waals surface area contributed by atoms with Crippen molar-refractivity contribution in [3.8, 4) is 0 Å². The fourth-order valence-corrected chi connectivity index (χ4v) is 2.57. The van der Waals surface area contributed by atoms with Gasteiger partial charge in [0.05, 0.1) is 21.7 Å². The average molecular weight is 306 g/mol. The topological polar surface area (TPSA) is 93.0 Å². The van der Waals surface area contributed by atoms with Crippen LogP contribution in [0.4, 0.5) is 0 Å². The van der Waals surface area contributed by atoms with E-state index in [2.05, 4.69) is 5.16 Å². The molecule has 0 fully saturated rings. The highest BCUT2D eigenvalue weighted by Gasteiger charge is 2.20. The lowest BCUT2D eigenvalue weighted by atomic mass is 10.1. The van der Waals surface area contributed by atoms with Crippen LogP contribution in [-0.2, 0) is 14.7 Å². The summed E-state index contributed by atoms with van der Waals surface area (Å²) in [5.74, 6) is -1.25. The van der Waals surface area contributed by atoms with E-state index in [1.54, 1.807) is 6.92 Å². The maximum atomic E-state index is 11.6. The minimum atomic E-state index is -3.56. The zero-order valence-corrected chi connectivity index (χ0v) is 11.8. The fraction of sp³-hybridized carbons (Fsp3) is 0.273. The number of carboxylic acid groups (broad SMARTS) is 1. The first kappa shape index (κ1) is 15.5. The molecule has 0 aliphatic rings. The molecular formula is C11H12ClNO5S. The molecule has 1 aromatic carbocycles. The molecular weight excluding hydrogens is 294 g/mol. The Morgan fingerprint density at radius 3 is 2.63 bits per heavy atom. The summed E-state index contributed by atoms with van der Waals surface area (Å²) < 4.78 is 23.2. The smallest absolute Gasteiger partial charge is 0.337 e. The highest BCUT2D eigenvalue weighted by molar-refractivity contribution is 7.90. The van der Waals surface area contributed by atoms with E-state index < -0.39 is 15.8 Å². The van der Waals surface area contributed by atoms with Gasteiger partial charge in [-0.1, -0.05) is 16.8 Å². The average Bonchev–Trinajstić information content (AvgIpc) is 2.29. The van der Waals surface area contributed by atoms with Gasteiger partial charge >= 0.3 is 5.97 Å². The second kappa shape index (κ2) is 6.03. The lowest BCUT2D eigenvalue weighted by Crippen LogP contribution is -2.07. The van der Waals surface area contributed by atoms with Crippen molar-refractivity contribution in [3.05, 3.63) is 28.3 Å². The van der Waals surface area contributed by atoms with Gasteiger partial charge in [-0.3, -0.25) is 0 Å². The monoisotopic (exact) mass is 305 g/mol. The first-order valence-electron chi connectivity index (χ1n) is 5.20. The van der Waals surface area contributed by atoms with E-state index in [1.165, 1.54) is 6.07 Å². The number of carboxylic acids is 1. The molecule has 0 radical (unpaired) electrons. The van der Waals surface area contributed by atoms with Crippen LogP contribution in [0.3, 0.4) is 0 Å². The molecule has 0 spiro atoms. The van der Waals surface area contributed by atoms with Crippen molar-refractivity contribution in [3.63, 3.8) is 0 Å². The van der Waals surface area contributed by atoms with Crippen molar-refractivity contribution in [1.82, 2.24) is 0 Å². The number of rotatable bonds is 5. The molecule has 1 N–H and O–H groups in total. The zero-order chi connectivity index (χ0) is 14.6. The van der Waals surface area contributed by atoms with Crippen molar-refractivity contribution in [1.29, 1.82) is 0 Å². The molecule has 6 nitrogen and oxygen atoms in total. The minimum absolute atomic E-state index is 0.00230. The van der Waals surface area contributed by atoms with Crippen LogP contribution in [0.25, 0.3) is 0 Å². The summed E-state index contributed by atoms with van der Waals surface area (Å²) in [7, 11) is -3.56. The number of sulfone groups is 1. The summed E-state index contributed by atoms with van der Waals surface area (Å²) in [4.78, 5) is 15.6. The van der Waals surface area contributed by atoms with Crippen LogP contribution in [-0.4, -0.2) is 38.6 Å². The van der Waals surface area contributed by atoms with E-state index in [0.29, 0.717) is 6.61 Å². The molecule has 0 atom stereocenters. The molecule has 1 rings (SSSR count). The van der Waals surface area contributed by atoms with Gasteiger partial charge in [0.25, 0.3) is 0 Å². The number of halogens is 1. The van der Waals surface area contributed by atoms with Gasteiger partial charge in [-0.05, 0) is 19.1 Å². The minimum Gasteiger partial charge on any atom is -0.478 e.